The Balaban J connectivity index is 2.45. The summed E-state index contributed by atoms with van der Waals surface area (Å²) in [4.78, 5) is 22.7. The third-order valence-corrected chi connectivity index (χ3v) is 2.95. The average Bonchev–Trinajstić information content (AvgIpc) is 2.45. The van der Waals surface area contributed by atoms with Crippen LogP contribution >= 0.6 is 23.2 Å². The van der Waals surface area contributed by atoms with Crippen molar-refractivity contribution in [2.45, 2.75) is 6.42 Å². The van der Waals surface area contributed by atoms with Crippen molar-refractivity contribution >= 4 is 41.2 Å². The van der Waals surface area contributed by atoms with Gasteiger partial charge in [-0.05, 0) is 18.2 Å². The predicted octanol–water partition coefficient (Wildman–Crippen LogP) is 2.58. The Hall–Kier alpha value is -2.03. The second-order valence-corrected chi connectivity index (χ2v) is 4.65. The fourth-order valence-corrected chi connectivity index (χ4v) is 1.84. The summed E-state index contributed by atoms with van der Waals surface area (Å²) in [6.07, 6.45) is 2.75. The number of carbonyl (C=O) groups is 2. The largest absolute Gasteiger partial charge is 0.452 e. The van der Waals surface area contributed by atoms with Gasteiger partial charge in [0.1, 0.15) is 0 Å². The molecule has 0 bridgehead atoms. The van der Waals surface area contributed by atoms with Gasteiger partial charge >= 0.3 is 5.97 Å². The molecule has 0 heterocycles. The molecule has 0 atom stereocenters. The van der Waals surface area contributed by atoms with Crippen molar-refractivity contribution in [3.05, 3.63) is 39.9 Å². The van der Waals surface area contributed by atoms with Gasteiger partial charge in [0.25, 0.3) is 5.91 Å². The highest BCUT2D eigenvalue weighted by molar-refractivity contribution is 6.37. The maximum absolute atomic E-state index is 11.4. The van der Waals surface area contributed by atoms with E-state index in [-0.39, 0.29) is 13.0 Å². The van der Waals surface area contributed by atoms with Crippen LogP contribution in [0, 0.1) is 11.3 Å². The predicted molar refractivity (Wildman–Crippen MR) is 79.7 cm³/mol. The molecule has 1 N–H and O–H groups in total. The minimum Gasteiger partial charge on any atom is -0.452 e. The summed E-state index contributed by atoms with van der Waals surface area (Å²) in [5.74, 6) is -1.16. The molecule has 0 fully saturated rings. The lowest BCUT2D eigenvalue weighted by Crippen LogP contribution is -2.29. The Labute approximate surface area is 132 Å². The van der Waals surface area contributed by atoms with Crippen molar-refractivity contribution in [3.63, 3.8) is 0 Å². The maximum atomic E-state index is 11.4. The number of esters is 1. The van der Waals surface area contributed by atoms with Crippen molar-refractivity contribution in [2.75, 3.05) is 13.2 Å². The number of ether oxygens (including phenoxy) is 1. The summed E-state index contributed by atoms with van der Waals surface area (Å²) >= 11 is 11.9. The number of halogens is 2. The molecular weight excluding hydrogens is 315 g/mol. The van der Waals surface area contributed by atoms with Gasteiger partial charge in [0.15, 0.2) is 6.61 Å². The van der Waals surface area contributed by atoms with Gasteiger partial charge in [-0.2, -0.15) is 5.26 Å². The Kier molecular flexibility index (Phi) is 7.30. The first-order chi connectivity index (χ1) is 10.0. The fourth-order valence-electron chi connectivity index (χ4n) is 1.31. The summed E-state index contributed by atoms with van der Waals surface area (Å²) in [6, 6.07) is 6.84. The number of nitrogens with zero attached hydrogens (tertiary/aromatic N) is 1. The van der Waals surface area contributed by atoms with E-state index in [2.05, 4.69) is 5.32 Å². The molecule has 0 aliphatic carbocycles. The van der Waals surface area contributed by atoms with E-state index in [1.165, 1.54) is 6.08 Å². The van der Waals surface area contributed by atoms with Crippen LogP contribution in [0.4, 0.5) is 0 Å². The van der Waals surface area contributed by atoms with Crippen LogP contribution in [0.5, 0.6) is 0 Å². The molecular formula is C14H12Cl2N2O3. The lowest BCUT2D eigenvalue weighted by Gasteiger charge is -2.03. The van der Waals surface area contributed by atoms with Gasteiger partial charge in [0.05, 0.1) is 12.5 Å². The number of amides is 1. The quantitative estimate of drug-likeness (QED) is 0.495. The number of carbonyl (C=O) groups excluding carboxylic acids is 2. The summed E-state index contributed by atoms with van der Waals surface area (Å²) in [5.41, 5.74) is 0.497. The fraction of sp³-hybridized carbons (Fsp3) is 0.214. The summed E-state index contributed by atoms with van der Waals surface area (Å²) in [6.45, 7) is -0.192. The first kappa shape index (κ1) is 17.0. The maximum Gasteiger partial charge on any atom is 0.331 e. The lowest BCUT2D eigenvalue weighted by molar-refractivity contribution is -0.143. The number of nitriles is 1. The molecule has 110 valence electrons. The second-order valence-electron chi connectivity index (χ2n) is 3.83. The highest BCUT2D eigenvalue weighted by Gasteiger charge is 2.06. The lowest BCUT2D eigenvalue weighted by atomic mass is 10.2. The Morgan fingerprint density at radius 1 is 1.33 bits per heavy atom. The van der Waals surface area contributed by atoms with Gasteiger partial charge < -0.3 is 10.1 Å². The van der Waals surface area contributed by atoms with Gasteiger partial charge in [-0.1, -0.05) is 29.3 Å². The van der Waals surface area contributed by atoms with Crippen LogP contribution in [0.25, 0.3) is 6.08 Å². The first-order valence-electron chi connectivity index (χ1n) is 5.97. The number of benzene rings is 1. The normalized spacial score (nSPS) is 10.1. The topological polar surface area (TPSA) is 79.2 Å². The van der Waals surface area contributed by atoms with E-state index in [1.807, 2.05) is 6.07 Å². The van der Waals surface area contributed by atoms with Crippen LogP contribution < -0.4 is 5.32 Å². The molecule has 1 amide bonds. The summed E-state index contributed by atoms with van der Waals surface area (Å²) in [7, 11) is 0. The van der Waals surface area contributed by atoms with Crippen LogP contribution in [0.1, 0.15) is 12.0 Å². The SMILES string of the molecule is N#CCCNC(=O)COC(=O)/C=C/c1c(Cl)cccc1Cl. The zero-order chi connectivity index (χ0) is 15.7. The minimum atomic E-state index is -0.693. The third kappa shape index (κ3) is 6.30. The molecule has 0 saturated heterocycles. The molecule has 1 aromatic rings. The number of hydrogen-bond acceptors (Lipinski definition) is 4. The molecule has 0 radical (unpaired) electrons. The van der Waals surface area contributed by atoms with Crippen LogP contribution in [-0.2, 0) is 14.3 Å². The van der Waals surface area contributed by atoms with E-state index in [0.717, 1.165) is 6.08 Å². The highest BCUT2D eigenvalue weighted by atomic mass is 35.5. The van der Waals surface area contributed by atoms with Crippen molar-refractivity contribution in [3.8, 4) is 6.07 Å². The Morgan fingerprint density at radius 3 is 2.62 bits per heavy atom. The number of hydrogen-bond donors (Lipinski definition) is 1. The Bertz CT molecular complexity index is 574. The number of nitrogens with one attached hydrogen (secondary N) is 1. The van der Waals surface area contributed by atoms with Crippen LogP contribution in [0.2, 0.25) is 10.0 Å². The van der Waals surface area contributed by atoms with Crippen molar-refractivity contribution < 1.29 is 14.3 Å². The molecule has 21 heavy (non-hydrogen) atoms. The molecule has 0 unspecified atom stereocenters. The molecule has 0 saturated carbocycles. The van der Waals surface area contributed by atoms with Crippen molar-refractivity contribution in [1.82, 2.24) is 5.32 Å². The van der Waals surface area contributed by atoms with E-state index in [4.69, 9.17) is 33.2 Å². The van der Waals surface area contributed by atoms with Gasteiger partial charge in [-0.3, -0.25) is 4.79 Å². The van der Waals surface area contributed by atoms with Gasteiger partial charge in [0, 0.05) is 28.2 Å². The van der Waals surface area contributed by atoms with Crippen LogP contribution in [0.3, 0.4) is 0 Å². The molecule has 1 aromatic carbocycles. The summed E-state index contributed by atoms with van der Waals surface area (Å²) < 4.78 is 4.73. The first-order valence-corrected chi connectivity index (χ1v) is 6.72. The smallest absolute Gasteiger partial charge is 0.331 e. The molecule has 5 nitrogen and oxygen atoms in total. The van der Waals surface area contributed by atoms with Crippen molar-refractivity contribution in [1.29, 1.82) is 5.26 Å². The molecule has 0 aliphatic rings. The molecule has 1 rings (SSSR count). The van der Waals surface area contributed by atoms with E-state index in [9.17, 15) is 9.59 Å². The average molecular weight is 327 g/mol. The van der Waals surface area contributed by atoms with E-state index in [1.54, 1.807) is 18.2 Å². The monoisotopic (exact) mass is 326 g/mol. The Morgan fingerprint density at radius 2 is 2.00 bits per heavy atom. The molecule has 0 spiro atoms. The van der Waals surface area contributed by atoms with Crippen molar-refractivity contribution in [2.24, 2.45) is 0 Å². The van der Waals surface area contributed by atoms with E-state index in [0.29, 0.717) is 15.6 Å². The highest BCUT2D eigenvalue weighted by Crippen LogP contribution is 2.25. The standard InChI is InChI=1S/C14H12Cl2N2O3/c15-11-3-1-4-12(16)10(11)5-6-14(20)21-9-13(19)18-8-2-7-17/h1,3-6H,2,8-9H2,(H,18,19)/b6-5+. The van der Waals surface area contributed by atoms with Gasteiger partial charge in [0.2, 0.25) is 0 Å². The minimum absolute atomic E-state index is 0.199. The zero-order valence-corrected chi connectivity index (χ0v) is 12.4. The van der Waals surface area contributed by atoms with Crippen LogP contribution in [0.15, 0.2) is 24.3 Å². The zero-order valence-electron chi connectivity index (χ0n) is 10.9. The second kappa shape index (κ2) is 9.01. The number of rotatable bonds is 6. The van der Waals surface area contributed by atoms with Gasteiger partial charge in [-0.15, -0.1) is 0 Å². The molecule has 0 aromatic heterocycles. The van der Waals surface area contributed by atoms with E-state index < -0.39 is 18.5 Å². The summed E-state index contributed by atoms with van der Waals surface area (Å²) in [5, 5.41) is 11.5. The van der Waals surface area contributed by atoms with E-state index >= 15 is 0 Å². The molecule has 0 aliphatic heterocycles. The third-order valence-electron chi connectivity index (χ3n) is 2.29. The molecule has 7 heteroatoms. The van der Waals surface area contributed by atoms with Crippen LogP contribution in [-0.4, -0.2) is 25.0 Å². The van der Waals surface area contributed by atoms with Gasteiger partial charge in [-0.25, -0.2) is 4.79 Å².